The Balaban J connectivity index is 1.91. The fraction of sp³-hybridized carbons (Fsp3) is 0.182. The zero-order chi connectivity index (χ0) is 13.0. The van der Waals surface area contributed by atoms with Gasteiger partial charge in [0.2, 0.25) is 5.91 Å². The van der Waals surface area contributed by atoms with Crippen molar-refractivity contribution >= 4 is 23.2 Å². The van der Waals surface area contributed by atoms with Crippen molar-refractivity contribution in [3.05, 3.63) is 41.7 Å². The van der Waals surface area contributed by atoms with Crippen molar-refractivity contribution in [2.24, 2.45) is 0 Å². The van der Waals surface area contributed by atoms with Crippen LogP contribution in [-0.2, 0) is 11.3 Å². The summed E-state index contributed by atoms with van der Waals surface area (Å²) in [6, 6.07) is 4.08. The van der Waals surface area contributed by atoms with E-state index in [0.717, 1.165) is 6.07 Å². The Kier molecular flexibility index (Phi) is 3.88. The van der Waals surface area contributed by atoms with Gasteiger partial charge in [0.25, 0.3) is 0 Å². The number of nitrogens with zero attached hydrogens (tertiary/aromatic N) is 3. The van der Waals surface area contributed by atoms with Gasteiger partial charge in [0.15, 0.2) is 0 Å². The predicted molar refractivity (Wildman–Crippen MR) is 64.7 cm³/mol. The highest BCUT2D eigenvalue weighted by Gasteiger charge is 2.07. The molecule has 0 radical (unpaired) electrons. The number of anilines is 1. The monoisotopic (exact) mass is 268 g/mol. The number of nitrogens with one attached hydrogen (secondary N) is 1. The molecule has 0 saturated heterocycles. The molecule has 1 amide bonds. The second-order valence-corrected chi connectivity index (χ2v) is 4.02. The molecule has 0 fully saturated rings. The number of hydrogen-bond acceptors (Lipinski definition) is 3. The van der Waals surface area contributed by atoms with Gasteiger partial charge in [-0.15, -0.1) is 0 Å². The number of carbonyl (C=O) groups excluding carboxylic acids is 1. The highest BCUT2D eigenvalue weighted by molar-refractivity contribution is 6.30. The maximum Gasteiger partial charge on any atom is 0.226 e. The minimum Gasteiger partial charge on any atom is -0.324 e. The Morgan fingerprint density at radius 2 is 2.33 bits per heavy atom. The largest absolute Gasteiger partial charge is 0.324 e. The van der Waals surface area contributed by atoms with Gasteiger partial charge in [-0.25, -0.2) is 9.37 Å². The first-order valence-electron chi connectivity index (χ1n) is 5.22. The van der Waals surface area contributed by atoms with Crippen LogP contribution in [0.1, 0.15) is 6.42 Å². The molecule has 0 atom stereocenters. The molecule has 0 bridgehead atoms. The summed E-state index contributed by atoms with van der Waals surface area (Å²) >= 11 is 5.61. The standard InChI is InChI=1S/C11H10ClFN4O/c12-8-1-2-10(9(13)5-8)16-11(18)3-4-17-7-14-6-15-17/h1-2,5-7H,3-4H2,(H,16,18). The van der Waals surface area contributed by atoms with Crippen LogP contribution in [0.4, 0.5) is 10.1 Å². The van der Waals surface area contributed by atoms with Gasteiger partial charge in [-0.3, -0.25) is 9.48 Å². The van der Waals surface area contributed by atoms with Crippen molar-refractivity contribution < 1.29 is 9.18 Å². The maximum absolute atomic E-state index is 13.4. The van der Waals surface area contributed by atoms with Gasteiger partial charge in [0.05, 0.1) is 12.2 Å². The Morgan fingerprint density at radius 3 is 3.00 bits per heavy atom. The summed E-state index contributed by atoms with van der Waals surface area (Å²) in [5, 5.41) is 6.61. The summed E-state index contributed by atoms with van der Waals surface area (Å²) in [4.78, 5) is 15.3. The van der Waals surface area contributed by atoms with Gasteiger partial charge in [0.1, 0.15) is 18.5 Å². The third kappa shape index (κ3) is 3.27. The molecule has 0 aliphatic heterocycles. The molecule has 1 heterocycles. The number of amides is 1. The minimum absolute atomic E-state index is 0.114. The first kappa shape index (κ1) is 12.5. The Hall–Kier alpha value is -1.95. The molecule has 94 valence electrons. The molecular weight excluding hydrogens is 259 g/mol. The van der Waals surface area contributed by atoms with E-state index in [1.54, 1.807) is 0 Å². The molecule has 0 saturated carbocycles. The van der Waals surface area contributed by atoms with Crippen LogP contribution < -0.4 is 5.32 Å². The lowest BCUT2D eigenvalue weighted by Crippen LogP contribution is -2.15. The summed E-state index contributed by atoms with van der Waals surface area (Å²) in [6.45, 7) is 0.390. The van der Waals surface area contributed by atoms with E-state index in [4.69, 9.17) is 11.6 Å². The van der Waals surface area contributed by atoms with Crippen molar-refractivity contribution in [1.29, 1.82) is 0 Å². The van der Waals surface area contributed by atoms with E-state index in [-0.39, 0.29) is 23.0 Å². The number of aromatic nitrogens is 3. The van der Waals surface area contributed by atoms with Crippen molar-refractivity contribution in [2.45, 2.75) is 13.0 Å². The van der Waals surface area contributed by atoms with Gasteiger partial charge >= 0.3 is 0 Å². The molecule has 7 heteroatoms. The van der Waals surface area contributed by atoms with Crippen molar-refractivity contribution in [3.63, 3.8) is 0 Å². The number of aryl methyl sites for hydroxylation is 1. The molecule has 0 aliphatic rings. The van der Waals surface area contributed by atoms with Crippen LogP contribution in [0.3, 0.4) is 0 Å². The molecule has 2 aromatic rings. The fourth-order valence-corrected chi connectivity index (χ4v) is 1.53. The van der Waals surface area contributed by atoms with Gasteiger partial charge in [-0.2, -0.15) is 5.10 Å². The normalized spacial score (nSPS) is 10.3. The number of benzene rings is 1. The fourth-order valence-electron chi connectivity index (χ4n) is 1.37. The highest BCUT2D eigenvalue weighted by atomic mass is 35.5. The zero-order valence-electron chi connectivity index (χ0n) is 9.31. The smallest absolute Gasteiger partial charge is 0.226 e. The summed E-state index contributed by atoms with van der Waals surface area (Å²) in [6.07, 6.45) is 3.08. The molecule has 2 rings (SSSR count). The Morgan fingerprint density at radius 1 is 1.50 bits per heavy atom. The third-order valence-electron chi connectivity index (χ3n) is 2.24. The number of halogens is 2. The number of hydrogen-bond donors (Lipinski definition) is 1. The topological polar surface area (TPSA) is 59.8 Å². The molecule has 1 aromatic carbocycles. The zero-order valence-corrected chi connectivity index (χ0v) is 10.1. The first-order valence-corrected chi connectivity index (χ1v) is 5.60. The van der Waals surface area contributed by atoms with E-state index in [9.17, 15) is 9.18 Å². The molecule has 1 N–H and O–H groups in total. The van der Waals surface area contributed by atoms with E-state index in [1.807, 2.05) is 0 Å². The second-order valence-electron chi connectivity index (χ2n) is 3.58. The Bertz CT molecular complexity index is 544. The molecule has 1 aromatic heterocycles. The number of carbonyl (C=O) groups is 1. The lowest BCUT2D eigenvalue weighted by Gasteiger charge is -2.06. The molecule has 0 aliphatic carbocycles. The van der Waals surface area contributed by atoms with Crippen LogP contribution in [0.5, 0.6) is 0 Å². The molecule has 0 unspecified atom stereocenters. The SMILES string of the molecule is O=C(CCn1cncn1)Nc1ccc(Cl)cc1F. The highest BCUT2D eigenvalue weighted by Crippen LogP contribution is 2.18. The van der Waals surface area contributed by atoms with Crippen LogP contribution in [0.2, 0.25) is 5.02 Å². The van der Waals surface area contributed by atoms with Crippen LogP contribution in [-0.4, -0.2) is 20.7 Å². The summed E-state index contributed by atoms with van der Waals surface area (Å²) < 4.78 is 14.9. The van der Waals surface area contributed by atoms with Crippen LogP contribution >= 0.6 is 11.6 Å². The minimum atomic E-state index is -0.559. The third-order valence-corrected chi connectivity index (χ3v) is 2.47. The van der Waals surface area contributed by atoms with E-state index >= 15 is 0 Å². The Labute approximate surface area is 108 Å². The van der Waals surface area contributed by atoms with Crippen LogP contribution in [0.15, 0.2) is 30.9 Å². The molecule has 18 heavy (non-hydrogen) atoms. The predicted octanol–water partition coefficient (Wildman–Crippen LogP) is 2.10. The average molecular weight is 269 g/mol. The first-order chi connectivity index (χ1) is 8.65. The van der Waals surface area contributed by atoms with Crippen molar-refractivity contribution in [1.82, 2.24) is 14.8 Å². The molecule has 0 spiro atoms. The van der Waals surface area contributed by atoms with Gasteiger partial charge in [-0.05, 0) is 18.2 Å². The van der Waals surface area contributed by atoms with Crippen molar-refractivity contribution in [3.8, 4) is 0 Å². The van der Waals surface area contributed by atoms with Crippen molar-refractivity contribution in [2.75, 3.05) is 5.32 Å². The van der Waals surface area contributed by atoms with Crippen LogP contribution in [0, 0.1) is 5.82 Å². The molecular formula is C11H10ClFN4O. The van der Waals surface area contributed by atoms with E-state index in [0.29, 0.717) is 6.54 Å². The van der Waals surface area contributed by atoms with E-state index < -0.39 is 5.82 Å². The number of rotatable bonds is 4. The van der Waals surface area contributed by atoms with Gasteiger partial charge in [0, 0.05) is 11.4 Å². The van der Waals surface area contributed by atoms with Crippen LogP contribution in [0.25, 0.3) is 0 Å². The second kappa shape index (κ2) is 5.59. The quantitative estimate of drug-likeness (QED) is 0.924. The summed E-state index contributed by atoms with van der Waals surface area (Å²) in [7, 11) is 0. The lowest BCUT2D eigenvalue weighted by molar-refractivity contribution is -0.116. The van der Waals surface area contributed by atoms with Gasteiger partial charge in [-0.1, -0.05) is 11.6 Å². The average Bonchev–Trinajstić information content (AvgIpc) is 2.83. The summed E-state index contributed by atoms with van der Waals surface area (Å²) in [5.41, 5.74) is 0.114. The van der Waals surface area contributed by atoms with E-state index in [1.165, 1.54) is 29.5 Å². The lowest BCUT2D eigenvalue weighted by atomic mass is 10.3. The van der Waals surface area contributed by atoms with E-state index in [2.05, 4.69) is 15.4 Å². The summed E-state index contributed by atoms with van der Waals surface area (Å²) in [5.74, 6) is -0.858. The van der Waals surface area contributed by atoms with Gasteiger partial charge < -0.3 is 5.32 Å². The molecule has 5 nitrogen and oxygen atoms in total. The maximum atomic E-state index is 13.4.